The molecule has 0 saturated carbocycles. The maximum absolute atomic E-state index is 13.4. The van der Waals surface area contributed by atoms with Crippen LogP contribution in [0, 0.1) is 0 Å². The van der Waals surface area contributed by atoms with Crippen molar-refractivity contribution in [2.75, 3.05) is 16.0 Å². The number of halogens is 3. The van der Waals surface area contributed by atoms with Crippen LogP contribution in [0.25, 0.3) is 10.9 Å². The summed E-state index contributed by atoms with van der Waals surface area (Å²) in [6.45, 7) is 1.62. The number of amides is 2. The molecule has 2 amide bonds. The number of alkyl halides is 3. The Morgan fingerprint density at radius 1 is 1.00 bits per heavy atom. The molecule has 0 radical (unpaired) electrons. The number of pyridine rings is 1. The Morgan fingerprint density at radius 3 is 2.58 bits per heavy atom. The zero-order valence-electron chi connectivity index (χ0n) is 18.8. The van der Waals surface area contributed by atoms with Crippen LogP contribution in [0.3, 0.4) is 0 Å². The van der Waals surface area contributed by atoms with Crippen LogP contribution in [-0.4, -0.2) is 22.9 Å². The van der Waals surface area contributed by atoms with Crippen LogP contribution in [0.4, 0.5) is 35.9 Å². The van der Waals surface area contributed by atoms with E-state index in [9.17, 15) is 22.8 Å². The van der Waals surface area contributed by atoms with Crippen LogP contribution in [-0.2, 0) is 11.0 Å². The van der Waals surface area contributed by atoms with E-state index < -0.39 is 23.9 Å². The van der Waals surface area contributed by atoms with Crippen molar-refractivity contribution in [1.29, 1.82) is 0 Å². The van der Waals surface area contributed by atoms with Crippen LogP contribution in [0.2, 0.25) is 0 Å². The Balaban J connectivity index is 1.39. The van der Waals surface area contributed by atoms with Gasteiger partial charge >= 0.3 is 6.18 Å². The van der Waals surface area contributed by atoms with Crippen LogP contribution < -0.4 is 20.7 Å². The number of anilines is 4. The molecular weight excluding hydrogens is 473 g/mol. The smallest absolute Gasteiger partial charge is 0.433 e. The minimum absolute atomic E-state index is 0.206. The standard InChI is InChI=1S/C26H19F3N4O3/c1-14-24(34)33-21-11-15(9-10-22(21)36-14)25(35)31-17-6-4-5-16(12-17)30-20-13-23(26(27,28)29)32-19-8-3-2-7-18(19)20/h2-14H,1H3,(H,30,32)(H,31,35)(H,33,34). The van der Waals surface area contributed by atoms with Crippen molar-refractivity contribution in [3.05, 3.63) is 84.1 Å². The summed E-state index contributed by atoms with van der Waals surface area (Å²) in [6, 6.07) is 18.8. The molecule has 0 saturated heterocycles. The van der Waals surface area contributed by atoms with E-state index in [1.165, 1.54) is 12.1 Å². The van der Waals surface area contributed by atoms with Gasteiger partial charge in [-0.25, -0.2) is 4.98 Å². The summed E-state index contributed by atoms with van der Waals surface area (Å²) in [5, 5.41) is 8.98. The van der Waals surface area contributed by atoms with E-state index in [4.69, 9.17) is 4.74 Å². The van der Waals surface area contributed by atoms with Crippen LogP contribution in [0.5, 0.6) is 5.75 Å². The number of carbonyl (C=O) groups excluding carboxylic acids is 2. The predicted molar refractivity (Wildman–Crippen MR) is 130 cm³/mol. The zero-order chi connectivity index (χ0) is 25.4. The van der Waals surface area contributed by atoms with Crippen molar-refractivity contribution >= 4 is 45.5 Å². The molecule has 0 aliphatic carbocycles. The SMILES string of the molecule is CC1Oc2ccc(C(=O)Nc3cccc(Nc4cc(C(F)(F)F)nc5ccccc45)c3)cc2NC1=O. The van der Waals surface area contributed by atoms with E-state index in [2.05, 4.69) is 20.9 Å². The third-order valence-corrected chi connectivity index (χ3v) is 5.58. The van der Waals surface area contributed by atoms with E-state index in [0.717, 1.165) is 6.07 Å². The third kappa shape index (κ3) is 4.65. The number of rotatable bonds is 4. The minimum atomic E-state index is -4.60. The van der Waals surface area contributed by atoms with Crippen LogP contribution in [0.1, 0.15) is 23.0 Å². The molecule has 4 aromatic rings. The molecule has 182 valence electrons. The highest BCUT2D eigenvalue weighted by molar-refractivity contribution is 6.06. The summed E-state index contributed by atoms with van der Waals surface area (Å²) in [4.78, 5) is 28.4. The molecular formula is C26H19F3N4O3. The lowest BCUT2D eigenvalue weighted by Crippen LogP contribution is -2.34. The minimum Gasteiger partial charge on any atom is -0.479 e. The number of nitrogens with one attached hydrogen (secondary N) is 3. The molecule has 1 atom stereocenters. The van der Waals surface area contributed by atoms with Crippen molar-refractivity contribution in [1.82, 2.24) is 4.98 Å². The maximum Gasteiger partial charge on any atom is 0.433 e. The molecule has 1 aliphatic heterocycles. The molecule has 0 spiro atoms. The van der Waals surface area contributed by atoms with Crippen molar-refractivity contribution < 1.29 is 27.5 Å². The molecule has 5 rings (SSSR count). The molecule has 10 heteroatoms. The van der Waals surface area contributed by atoms with Crippen molar-refractivity contribution in [3.63, 3.8) is 0 Å². The first kappa shape index (κ1) is 23.2. The van der Waals surface area contributed by atoms with Crippen molar-refractivity contribution in [3.8, 4) is 5.75 Å². The topological polar surface area (TPSA) is 92.3 Å². The molecule has 36 heavy (non-hydrogen) atoms. The van der Waals surface area contributed by atoms with Crippen molar-refractivity contribution in [2.24, 2.45) is 0 Å². The Labute approximate surface area is 203 Å². The number of carbonyl (C=O) groups is 2. The zero-order valence-corrected chi connectivity index (χ0v) is 18.8. The number of para-hydroxylation sites is 1. The van der Waals surface area contributed by atoms with Gasteiger partial charge in [-0.15, -0.1) is 0 Å². The number of aromatic nitrogens is 1. The van der Waals surface area contributed by atoms with Gasteiger partial charge < -0.3 is 20.7 Å². The summed E-state index contributed by atoms with van der Waals surface area (Å²) >= 11 is 0. The Kier molecular flexibility index (Phi) is 5.71. The van der Waals surface area contributed by atoms with Gasteiger partial charge in [0.2, 0.25) is 0 Å². The average molecular weight is 492 g/mol. The highest BCUT2D eigenvalue weighted by Gasteiger charge is 2.33. The molecule has 2 heterocycles. The second-order valence-corrected chi connectivity index (χ2v) is 8.19. The van der Waals surface area contributed by atoms with E-state index in [0.29, 0.717) is 33.8 Å². The molecule has 0 fully saturated rings. The monoisotopic (exact) mass is 492 g/mol. The molecule has 3 aromatic carbocycles. The van der Waals surface area contributed by atoms with Crippen LogP contribution >= 0.6 is 0 Å². The molecule has 1 unspecified atom stereocenters. The maximum atomic E-state index is 13.4. The summed E-state index contributed by atoms with van der Waals surface area (Å²) in [5.41, 5.74) is 1.01. The molecule has 0 bridgehead atoms. The van der Waals surface area contributed by atoms with E-state index in [-0.39, 0.29) is 17.1 Å². The fourth-order valence-electron chi connectivity index (χ4n) is 3.81. The Hall–Kier alpha value is -4.60. The van der Waals surface area contributed by atoms with Gasteiger partial charge in [-0.05, 0) is 55.5 Å². The van der Waals surface area contributed by atoms with Crippen molar-refractivity contribution in [2.45, 2.75) is 19.2 Å². The lowest BCUT2D eigenvalue weighted by molar-refractivity contribution is -0.140. The van der Waals surface area contributed by atoms with Gasteiger partial charge in [0.1, 0.15) is 11.4 Å². The first-order valence-corrected chi connectivity index (χ1v) is 10.9. The highest BCUT2D eigenvalue weighted by atomic mass is 19.4. The van der Waals surface area contributed by atoms with Gasteiger partial charge in [0.05, 0.1) is 16.9 Å². The second-order valence-electron chi connectivity index (χ2n) is 8.19. The van der Waals surface area contributed by atoms with E-state index in [1.807, 2.05) is 0 Å². The summed E-state index contributed by atoms with van der Waals surface area (Å²) in [5.74, 6) is -0.277. The largest absolute Gasteiger partial charge is 0.479 e. The van der Waals surface area contributed by atoms with Gasteiger partial charge in [0, 0.05) is 22.3 Å². The molecule has 7 nitrogen and oxygen atoms in total. The van der Waals surface area contributed by atoms with Gasteiger partial charge in [0.25, 0.3) is 11.8 Å². The normalized spacial score (nSPS) is 15.0. The first-order chi connectivity index (χ1) is 17.2. The van der Waals surface area contributed by atoms with Crippen LogP contribution in [0.15, 0.2) is 72.8 Å². The van der Waals surface area contributed by atoms with Gasteiger partial charge in [-0.2, -0.15) is 13.2 Å². The Morgan fingerprint density at radius 2 is 1.78 bits per heavy atom. The summed E-state index contributed by atoms with van der Waals surface area (Å²) in [6.07, 6.45) is -5.23. The quantitative estimate of drug-likeness (QED) is 0.327. The number of ether oxygens (including phenoxy) is 1. The third-order valence-electron chi connectivity index (χ3n) is 5.58. The number of nitrogens with zero attached hydrogens (tertiary/aromatic N) is 1. The summed E-state index contributed by atoms with van der Waals surface area (Å²) < 4.78 is 45.6. The average Bonchev–Trinajstić information content (AvgIpc) is 2.84. The number of fused-ring (bicyclic) bond motifs is 2. The van der Waals surface area contributed by atoms with Gasteiger partial charge in [-0.3, -0.25) is 9.59 Å². The molecule has 3 N–H and O–H groups in total. The second kappa shape index (κ2) is 8.88. The van der Waals surface area contributed by atoms with Gasteiger partial charge in [0.15, 0.2) is 6.10 Å². The number of hydrogen-bond donors (Lipinski definition) is 3. The highest BCUT2D eigenvalue weighted by Crippen LogP contribution is 2.35. The van der Waals surface area contributed by atoms with E-state index in [1.54, 1.807) is 61.5 Å². The van der Waals surface area contributed by atoms with Gasteiger partial charge in [-0.1, -0.05) is 24.3 Å². The lowest BCUT2D eigenvalue weighted by atomic mass is 10.1. The number of hydrogen-bond acceptors (Lipinski definition) is 5. The lowest BCUT2D eigenvalue weighted by Gasteiger charge is -2.23. The fourth-order valence-corrected chi connectivity index (χ4v) is 3.81. The Bertz CT molecular complexity index is 1500. The summed E-state index contributed by atoms with van der Waals surface area (Å²) in [7, 11) is 0. The number of benzene rings is 3. The molecule has 1 aromatic heterocycles. The molecule has 1 aliphatic rings. The fraction of sp³-hybridized carbons (Fsp3) is 0.115. The predicted octanol–water partition coefficient (Wildman–Crippen LogP) is 5.97. The van der Waals surface area contributed by atoms with E-state index >= 15 is 0 Å². The first-order valence-electron chi connectivity index (χ1n) is 10.9.